The molecule has 0 radical (unpaired) electrons. The number of carbonyl (C=O) groups is 1. The summed E-state index contributed by atoms with van der Waals surface area (Å²) < 4.78 is 4.99. The van der Waals surface area contributed by atoms with Gasteiger partial charge in [-0.2, -0.15) is 0 Å². The Morgan fingerprint density at radius 2 is 1.89 bits per heavy atom. The quantitative estimate of drug-likeness (QED) is 0.756. The highest BCUT2D eigenvalue weighted by atomic mass is 16.5. The summed E-state index contributed by atoms with van der Waals surface area (Å²) in [5, 5.41) is 3.47. The van der Waals surface area contributed by atoms with Gasteiger partial charge in [0.25, 0.3) is 0 Å². The fourth-order valence-corrected chi connectivity index (χ4v) is 2.81. The molecule has 0 spiro atoms. The molecule has 1 atom stereocenters. The second-order valence-electron chi connectivity index (χ2n) is 5.93. The van der Waals surface area contributed by atoms with Crippen molar-refractivity contribution in [2.45, 2.75) is 57.0 Å². The molecule has 1 N–H and O–H groups in total. The maximum absolute atomic E-state index is 12.0. The number of nitrogens with one attached hydrogen (secondary N) is 1. The highest BCUT2D eigenvalue weighted by Crippen LogP contribution is 2.24. The molecule has 1 aliphatic carbocycles. The average Bonchev–Trinajstić information content (AvgIpc) is 3.16. The fourth-order valence-electron chi connectivity index (χ4n) is 2.81. The van der Waals surface area contributed by atoms with Crippen molar-refractivity contribution in [1.29, 1.82) is 0 Å². The highest BCUT2D eigenvalue weighted by Gasteiger charge is 2.40. The molecule has 0 aromatic heterocycles. The molecule has 1 heterocycles. The van der Waals surface area contributed by atoms with Gasteiger partial charge in [0.2, 0.25) is 0 Å². The number of ether oxygens (including phenoxy) is 1. The summed E-state index contributed by atoms with van der Waals surface area (Å²) in [4.78, 5) is 14.5. The van der Waals surface area contributed by atoms with E-state index in [0.717, 1.165) is 19.6 Å². The molecular weight excluding hydrogens is 228 g/mol. The third kappa shape index (κ3) is 3.69. The molecule has 2 rings (SSSR count). The Morgan fingerprint density at radius 1 is 1.28 bits per heavy atom. The Bertz CT molecular complexity index is 284. The van der Waals surface area contributed by atoms with E-state index < -0.39 is 5.54 Å². The Kier molecular flexibility index (Phi) is 4.62. The number of rotatable bonds is 5. The van der Waals surface area contributed by atoms with E-state index in [9.17, 15) is 4.79 Å². The molecule has 1 unspecified atom stereocenters. The lowest BCUT2D eigenvalue weighted by Crippen LogP contribution is -2.58. The molecule has 2 fully saturated rings. The highest BCUT2D eigenvalue weighted by molar-refractivity contribution is 5.80. The second kappa shape index (κ2) is 6.02. The maximum atomic E-state index is 12.0. The van der Waals surface area contributed by atoms with Crippen LogP contribution in [0.5, 0.6) is 0 Å². The number of likely N-dealkylation sites (tertiary alicyclic amines) is 1. The Morgan fingerprint density at radius 3 is 2.39 bits per heavy atom. The van der Waals surface area contributed by atoms with Crippen molar-refractivity contribution in [3.63, 3.8) is 0 Å². The Balaban J connectivity index is 1.96. The van der Waals surface area contributed by atoms with Crippen molar-refractivity contribution in [3.05, 3.63) is 0 Å². The first-order valence-corrected chi connectivity index (χ1v) is 7.22. The number of hydrogen-bond acceptors (Lipinski definition) is 4. The lowest BCUT2D eigenvalue weighted by Gasteiger charge is -2.33. The van der Waals surface area contributed by atoms with E-state index in [1.807, 2.05) is 6.92 Å². The van der Waals surface area contributed by atoms with Gasteiger partial charge in [-0.15, -0.1) is 0 Å². The van der Waals surface area contributed by atoms with Gasteiger partial charge in [0.1, 0.15) is 5.54 Å². The molecule has 18 heavy (non-hydrogen) atoms. The third-order valence-corrected chi connectivity index (χ3v) is 3.97. The van der Waals surface area contributed by atoms with E-state index in [-0.39, 0.29) is 5.97 Å². The molecular formula is C14H26N2O2. The van der Waals surface area contributed by atoms with Crippen LogP contribution >= 0.6 is 0 Å². The first-order valence-electron chi connectivity index (χ1n) is 7.22. The predicted molar refractivity (Wildman–Crippen MR) is 71.5 cm³/mol. The van der Waals surface area contributed by atoms with Crippen molar-refractivity contribution < 1.29 is 9.53 Å². The summed E-state index contributed by atoms with van der Waals surface area (Å²) in [5.41, 5.74) is -0.541. The minimum atomic E-state index is -0.541. The van der Waals surface area contributed by atoms with Gasteiger partial charge in [-0.05, 0) is 45.7 Å². The van der Waals surface area contributed by atoms with Crippen molar-refractivity contribution >= 4 is 5.97 Å². The fraction of sp³-hybridized carbons (Fsp3) is 0.929. The normalized spacial score (nSPS) is 25.2. The molecule has 4 heteroatoms. The van der Waals surface area contributed by atoms with Crippen molar-refractivity contribution in [3.8, 4) is 0 Å². The number of methoxy groups -OCH3 is 1. The van der Waals surface area contributed by atoms with Crippen LogP contribution in [0.25, 0.3) is 0 Å². The minimum Gasteiger partial charge on any atom is -0.468 e. The Labute approximate surface area is 110 Å². The summed E-state index contributed by atoms with van der Waals surface area (Å²) >= 11 is 0. The molecule has 0 aromatic carbocycles. The van der Waals surface area contributed by atoms with Gasteiger partial charge in [0.05, 0.1) is 7.11 Å². The minimum absolute atomic E-state index is 0.126. The molecule has 0 amide bonds. The predicted octanol–water partition coefficient (Wildman–Crippen LogP) is 1.55. The van der Waals surface area contributed by atoms with E-state index in [1.165, 1.54) is 45.6 Å². The first-order chi connectivity index (χ1) is 8.64. The van der Waals surface area contributed by atoms with Crippen LogP contribution in [0.1, 0.15) is 45.4 Å². The molecule has 104 valence electrons. The average molecular weight is 254 g/mol. The molecule has 0 aromatic rings. The Hall–Kier alpha value is -0.610. The van der Waals surface area contributed by atoms with Gasteiger partial charge in [-0.1, -0.05) is 12.8 Å². The van der Waals surface area contributed by atoms with Gasteiger partial charge >= 0.3 is 5.97 Å². The summed E-state index contributed by atoms with van der Waals surface area (Å²) in [7, 11) is 1.48. The van der Waals surface area contributed by atoms with Crippen LogP contribution < -0.4 is 5.32 Å². The lowest BCUT2D eigenvalue weighted by molar-refractivity contribution is -0.148. The third-order valence-electron chi connectivity index (χ3n) is 3.97. The van der Waals surface area contributed by atoms with Crippen LogP contribution in [0, 0.1) is 0 Å². The van der Waals surface area contributed by atoms with Crippen LogP contribution in [-0.2, 0) is 9.53 Å². The topological polar surface area (TPSA) is 41.6 Å². The zero-order valence-corrected chi connectivity index (χ0v) is 11.7. The smallest absolute Gasteiger partial charge is 0.327 e. The first kappa shape index (κ1) is 13.8. The van der Waals surface area contributed by atoms with Crippen molar-refractivity contribution in [1.82, 2.24) is 10.2 Å². The summed E-state index contributed by atoms with van der Waals surface area (Å²) in [6.45, 7) is 4.98. The zero-order valence-electron chi connectivity index (χ0n) is 11.7. The van der Waals surface area contributed by atoms with Gasteiger partial charge in [-0.3, -0.25) is 10.1 Å². The van der Waals surface area contributed by atoms with Crippen LogP contribution in [0.4, 0.5) is 0 Å². The largest absolute Gasteiger partial charge is 0.468 e. The second-order valence-corrected chi connectivity index (χ2v) is 5.93. The number of esters is 1. The monoisotopic (exact) mass is 254 g/mol. The lowest BCUT2D eigenvalue weighted by atomic mass is 10.0. The number of nitrogens with zero attached hydrogens (tertiary/aromatic N) is 1. The molecule has 2 aliphatic rings. The van der Waals surface area contributed by atoms with Crippen LogP contribution in [-0.4, -0.2) is 49.2 Å². The van der Waals surface area contributed by atoms with Crippen LogP contribution in [0.2, 0.25) is 0 Å². The standard InChI is InChI=1S/C14H26N2O2/c1-14(13(17)18-2,15-12-7-8-12)11-16-9-5-3-4-6-10-16/h12,15H,3-11H2,1-2H3. The van der Waals surface area contributed by atoms with E-state index in [1.54, 1.807) is 0 Å². The van der Waals surface area contributed by atoms with Crippen LogP contribution in [0.3, 0.4) is 0 Å². The van der Waals surface area contributed by atoms with E-state index >= 15 is 0 Å². The molecule has 1 saturated heterocycles. The molecule has 0 bridgehead atoms. The van der Waals surface area contributed by atoms with Crippen LogP contribution in [0.15, 0.2) is 0 Å². The molecule has 4 nitrogen and oxygen atoms in total. The van der Waals surface area contributed by atoms with Gasteiger partial charge in [-0.25, -0.2) is 0 Å². The van der Waals surface area contributed by atoms with Gasteiger partial charge in [0.15, 0.2) is 0 Å². The SMILES string of the molecule is COC(=O)C(C)(CN1CCCCCC1)NC1CC1. The van der Waals surface area contributed by atoms with Gasteiger partial charge < -0.3 is 9.64 Å². The van der Waals surface area contributed by atoms with Gasteiger partial charge in [0, 0.05) is 12.6 Å². The van der Waals surface area contributed by atoms with E-state index in [4.69, 9.17) is 4.74 Å². The molecule has 1 aliphatic heterocycles. The summed E-state index contributed by atoms with van der Waals surface area (Å²) in [6, 6.07) is 0.515. The summed E-state index contributed by atoms with van der Waals surface area (Å²) in [6.07, 6.45) is 7.52. The maximum Gasteiger partial charge on any atom is 0.327 e. The molecule has 1 saturated carbocycles. The zero-order chi connectivity index (χ0) is 13.0. The van der Waals surface area contributed by atoms with Crippen molar-refractivity contribution in [2.24, 2.45) is 0 Å². The van der Waals surface area contributed by atoms with E-state index in [0.29, 0.717) is 6.04 Å². The number of hydrogen-bond donors (Lipinski definition) is 1. The summed E-state index contributed by atoms with van der Waals surface area (Å²) in [5.74, 6) is -0.126. The van der Waals surface area contributed by atoms with E-state index in [2.05, 4.69) is 10.2 Å². The number of carbonyl (C=O) groups excluding carboxylic acids is 1. The van der Waals surface area contributed by atoms with Crippen molar-refractivity contribution in [2.75, 3.05) is 26.7 Å².